The summed E-state index contributed by atoms with van der Waals surface area (Å²) in [5.74, 6) is 0.534. The van der Waals surface area contributed by atoms with Gasteiger partial charge in [0.25, 0.3) is 5.91 Å². The van der Waals surface area contributed by atoms with Gasteiger partial charge < -0.3 is 15.2 Å². The van der Waals surface area contributed by atoms with E-state index in [2.05, 4.69) is 10.6 Å². The minimum absolute atomic E-state index is 0.108. The van der Waals surface area contributed by atoms with E-state index in [1.807, 2.05) is 92.1 Å². The van der Waals surface area contributed by atoms with Gasteiger partial charge in [0.15, 0.2) is 0 Å². The molecule has 2 N–H and O–H groups in total. The molecule has 3 aromatic carbocycles. The third kappa shape index (κ3) is 5.12. The van der Waals surface area contributed by atoms with Crippen molar-refractivity contribution < 1.29 is 9.59 Å². The summed E-state index contributed by atoms with van der Waals surface area (Å²) in [7, 11) is 0. The first-order chi connectivity index (χ1) is 15.9. The fraction of sp³-hybridized carbons (Fsp3) is 0.222. The summed E-state index contributed by atoms with van der Waals surface area (Å²) in [4.78, 5) is 30.1. The molecular weight excluding hydrogens is 412 g/mol. The molecule has 6 heteroatoms. The van der Waals surface area contributed by atoms with Crippen molar-refractivity contribution in [1.29, 1.82) is 0 Å². The largest absolute Gasteiger partial charge is 0.352 e. The normalized spacial score (nSPS) is 10.9. The highest BCUT2D eigenvalue weighted by molar-refractivity contribution is 5.95. The molecule has 0 saturated heterocycles. The monoisotopic (exact) mass is 440 g/mol. The van der Waals surface area contributed by atoms with Crippen LogP contribution in [0.1, 0.15) is 32.9 Å². The van der Waals surface area contributed by atoms with Crippen LogP contribution in [-0.4, -0.2) is 27.9 Å². The average Bonchev–Trinajstić information content (AvgIpc) is 3.13. The molecule has 0 bridgehead atoms. The Bertz CT molecular complexity index is 1320. The lowest BCUT2D eigenvalue weighted by atomic mass is 10.1. The molecule has 0 aliphatic carbocycles. The van der Waals surface area contributed by atoms with Crippen LogP contribution in [0.3, 0.4) is 0 Å². The molecule has 0 unspecified atom stereocenters. The van der Waals surface area contributed by atoms with Crippen molar-refractivity contribution in [2.45, 2.75) is 33.7 Å². The number of para-hydroxylation sites is 2. The number of carbonyl (C=O) groups excluding carboxylic acids is 2. The van der Waals surface area contributed by atoms with Crippen LogP contribution in [0.4, 0.5) is 5.69 Å². The van der Waals surface area contributed by atoms with Gasteiger partial charge in [-0.3, -0.25) is 9.59 Å². The minimum atomic E-state index is -0.119. The average molecular weight is 441 g/mol. The lowest BCUT2D eigenvalue weighted by Gasteiger charge is -2.12. The van der Waals surface area contributed by atoms with Gasteiger partial charge in [-0.05, 0) is 67.8 Å². The molecule has 0 spiro atoms. The van der Waals surface area contributed by atoms with Gasteiger partial charge >= 0.3 is 0 Å². The Morgan fingerprint density at radius 1 is 0.879 bits per heavy atom. The second kappa shape index (κ2) is 9.69. The van der Waals surface area contributed by atoms with E-state index < -0.39 is 0 Å². The first-order valence-corrected chi connectivity index (χ1v) is 11.1. The number of nitrogens with one attached hydrogen (secondary N) is 2. The van der Waals surface area contributed by atoms with Gasteiger partial charge in [-0.1, -0.05) is 36.4 Å². The van der Waals surface area contributed by atoms with Crippen LogP contribution in [0, 0.1) is 20.8 Å². The van der Waals surface area contributed by atoms with E-state index in [0.717, 1.165) is 33.7 Å². The number of aryl methyl sites for hydroxylation is 3. The van der Waals surface area contributed by atoms with Crippen molar-refractivity contribution in [3.63, 3.8) is 0 Å². The molecule has 1 aromatic heterocycles. The number of nitrogens with zero attached hydrogens (tertiary/aromatic N) is 2. The van der Waals surface area contributed by atoms with Crippen molar-refractivity contribution in [2.75, 3.05) is 11.9 Å². The Balaban J connectivity index is 1.48. The van der Waals surface area contributed by atoms with E-state index in [-0.39, 0.29) is 18.4 Å². The highest BCUT2D eigenvalue weighted by Gasteiger charge is 2.15. The molecular formula is C27H28N4O2. The number of fused-ring (bicyclic) bond motifs is 1. The summed E-state index contributed by atoms with van der Waals surface area (Å²) >= 11 is 0. The zero-order valence-electron chi connectivity index (χ0n) is 19.2. The molecule has 2 amide bonds. The highest BCUT2D eigenvalue weighted by atomic mass is 16.2. The van der Waals surface area contributed by atoms with Gasteiger partial charge in [0.05, 0.1) is 11.0 Å². The van der Waals surface area contributed by atoms with Crippen LogP contribution < -0.4 is 10.6 Å². The molecule has 0 fully saturated rings. The van der Waals surface area contributed by atoms with Crippen LogP contribution in [0.2, 0.25) is 0 Å². The van der Waals surface area contributed by atoms with Gasteiger partial charge in [-0.25, -0.2) is 4.98 Å². The van der Waals surface area contributed by atoms with Gasteiger partial charge in [0.2, 0.25) is 5.91 Å². The van der Waals surface area contributed by atoms with Crippen LogP contribution in [0.5, 0.6) is 0 Å². The topological polar surface area (TPSA) is 76.0 Å². The van der Waals surface area contributed by atoms with Crippen LogP contribution in [0.15, 0.2) is 66.7 Å². The predicted molar refractivity (Wildman–Crippen MR) is 131 cm³/mol. The molecule has 0 aliphatic heterocycles. The van der Waals surface area contributed by atoms with E-state index in [9.17, 15) is 9.59 Å². The molecule has 4 rings (SSSR count). The fourth-order valence-electron chi connectivity index (χ4n) is 3.87. The van der Waals surface area contributed by atoms with Gasteiger partial charge in [0, 0.05) is 24.2 Å². The number of aromatic nitrogens is 2. The molecule has 0 saturated carbocycles. The summed E-state index contributed by atoms with van der Waals surface area (Å²) in [6.45, 7) is 6.56. The maximum atomic E-state index is 12.8. The van der Waals surface area contributed by atoms with Gasteiger partial charge in [-0.2, -0.15) is 0 Å². The molecule has 168 valence electrons. The summed E-state index contributed by atoms with van der Waals surface area (Å²) < 4.78 is 1.92. The van der Waals surface area contributed by atoms with Crippen molar-refractivity contribution in [3.8, 4) is 0 Å². The Labute approximate surface area is 193 Å². The van der Waals surface area contributed by atoms with Crippen LogP contribution >= 0.6 is 0 Å². The smallest absolute Gasteiger partial charge is 0.251 e. The predicted octanol–water partition coefficient (Wildman–Crippen LogP) is 4.57. The summed E-state index contributed by atoms with van der Waals surface area (Å²) in [6.07, 6.45) is 0.517. The van der Waals surface area contributed by atoms with Gasteiger partial charge in [-0.15, -0.1) is 0 Å². The molecule has 33 heavy (non-hydrogen) atoms. The van der Waals surface area contributed by atoms with Crippen molar-refractivity contribution >= 4 is 28.5 Å². The number of imidazole rings is 1. The number of hydrogen-bond acceptors (Lipinski definition) is 3. The quantitative estimate of drug-likeness (QED) is 0.442. The Morgan fingerprint density at radius 3 is 2.42 bits per heavy atom. The van der Waals surface area contributed by atoms with Crippen LogP contribution in [0.25, 0.3) is 11.0 Å². The molecule has 0 aliphatic rings. The standard InChI is InChI=1S/C27H28N4O2/c1-18-12-13-21(16-20(18)3)29-26(32)17-31-24-11-7-6-10-23(24)30-25(31)14-15-28-27(33)22-9-5-4-8-19(22)2/h4-13,16H,14-15,17H2,1-3H3,(H,28,33)(H,29,32). The summed E-state index contributed by atoms with van der Waals surface area (Å²) in [5.41, 5.74) is 6.42. The zero-order chi connectivity index (χ0) is 23.4. The highest BCUT2D eigenvalue weighted by Crippen LogP contribution is 2.18. The first-order valence-electron chi connectivity index (χ1n) is 11.1. The molecule has 0 radical (unpaired) electrons. The lowest BCUT2D eigenvalue weighted by Crippen LogP contribution is -2.27. The summed E-state index contributed by atoms with van der Waals surface area (Å²) in [6, 6.07) is 21.1. The van der Waals surface area contributed by atoms with E-state index >= 15 is 0 Å². The molecule has 1 heterocycles. The van der Waals surface area contributed by atoms with Gasteiger partial charge in [0.1, 0.15) is 12.4 Å². The number of anilines is 1. The Kier molecular flexibility index (Phi) is 6.54. The van der Waals surface area contributed by atoms with E-state index in [0.29, 0.717) is 18.5 Å². The van der Waals surface area contributed by atoms with Crippen molar-refractivity contribution in [3.05, 3.63) is 94.8 Å². The second-order valence-electron chi connectivity index (χ2n) is 8.27. The number of hydrogen-bond donors (Lipinski definition) is 2. The van der Waals surface area contributed by atoms with E-state index in [4.69, 9.17) is 4.98 Å². The first kappa shape index (κ1) is 22.3. The third-order valence-electron chi connectivity index (χ3n) is 5.85. The third-order valence-corrected chi connectivity index (χ3v) is 5.85. The van der Waals surface area contributed by atoms with Crippen LogP contribution in [-0.2, 0) is 17.8 Å². The molecule has 6 nitrogen and oxygen atoms in total. The SMILES string of the molecule is Cc1ccc(NC(=O)Cn2c(CCNC(=O)c3ccccc3C)nc3ccccc32)cc1C. The van der Waals surface area contributed by atoms with E-state index in [1.54, 1.807) is 0 Å². The van der Waals surface area contributed by atoms with Crippen molar-refractivity contribution in [2.24, 2.45) is 0 Å². The zero-order valence-corrected chi connectivity index (χ0v) is 19.2. The number of rotatable bonds is 7. The fourth-order valence-corrected chi connectivity index (χ4v) is 3.87. The van der Waals surface area contributed by atoms with E-state index in [1.165, 1.54) is 5.56 Å². The minimum Gasteiger partial charge on any atom is -0.352 e. The number of amides is 2. The Hall–Kier alpha value is -3.93. The maximum absolute atomic E-state index is 12.8. The Morgan fingerprint density at radius 2 is 1.64 bits per heavy atom. The van der Waals surface area contributed by atoms with Crippen molar-refractivity contribution in [1.82, 2.24) is 14.9 Å². The molecule has 4 aromatic rings. The maximum Gasteiger partial charge on any atom is 0.251 e. The molecule has 0 atom stereocenters. The summed E-state index contributed by atoms with van der Waals surface area (Å²) in [5, 5.41) is 5.96. The number of carbonyl (C=O) groups is 2. The number of benzene rings is 3. The lowest BCUT2D eigenvalue weighted by molar-refractivity contribution is -0.116. The second-order valence-corrected chi connectivity index (χ2v) is 8.27.